The number of carboxylic acids is 1. The molecule has 0 aliphatic heterocycles. The molecule has 0 amide bonds. The molecule has 17 heavy (non-hydrogen) atoms. The van der Waals surface area contributed by atoms with E-state index < -0.39 is 11.4 Å². The molecule has 1 aromatic rings. The summed E-state index contributed by atoms with van der Waals surface area (Å²) < 4.78 is 0. The van der Waals surface area contributed by atoms with Crippen LogP contribution < -0.4 is 0 Å². The normalized spacial score (nSPS) is 28.9. The Balaban J connectivity index is 2.07. The molecule has 1 saturated carbocycles. The lowest BCUT2D eigenvalue weighted by atomic mass is 9.70. The summed E-state index contributed by atoms with van der Waals surface area (Å²) in [7, 11) is 0. The van der Waals surface area contributed by atoms with Crippen LogP contribution in [0.25, 0.3) is 0 Å². The predicted molar refractivity (Wildman–Crippen MR) is 68.1 cm³/mol. The van der Waals surface area contributed by atoms with Gasteiger partial charge in [-0.25, -0.2) is 0 Å². The van der Waals surface area contributed by atoms with E-state index in [0.29, 0.717) is 5.92 Å². The largest absolute Gasteiger partial charge is 0.481 e. The highest BCUT2D eigenvalue weighted by atomic mass is 16.4. The van der Waals surface area contributed by atoms with Gasteiger partial charge in [-0.05, 0) is 51.0 Å². The van der Waals surface area contributed by atoms with Gasteiger partial charge in [0.15, 0.2) is 0 Å². The smallest absolute Gasteiger partial charge is 0.309 e. The molecule has 0 bridgehead atoms. The van der Waals surface area contributed by atoms with E-state index >= 15 is 0 Å². The third-order valence-corrected chi connectivity index (χ3v) is 4.12. The van der Waals surface area contributed by atoms with E-state index in [0.717, 1.165) is 25.7 Å². The molecule has 1 aromatic carbocycles. The molecule has 2 nitrogen and oxygen atoms in total. The van der Waals surface area contributed by atoms with Crippen molar-refractivity contribution in [3.63, 3.8) is 0 Å². The topological polar surface area (TPSA) is 37.3 Å². The maximum Gasteiger partial charge on any atom is 0.309 e. The first-order chi connectivity index (χ1) is 8.01. The number of benzene rings is 1. The first-order valence-electron chi connectivity index (χ1n) is 6.31. The third kappa shape index (κ3) is 2.51. The van der Waals surface area contributed by atoms with Crippen LogP contribution in [0.1, 0.15) is 49.7 Å². The highest BCUT2D eigenvalue weighted by Gasteiger charge is 2.37. The molecule has 0 saturated heterocycles. The average molecular weight is 232 g/mol. The molecule has 0 unspecified atom stereocenters. The summed E-state index contributed by atoms with van der Waals surface area (Å²) in [5, 5.41) is 9.20. The van der Waals surface area contributed by atoms with Gasteiger partial charge in [0.05, 0.1) is 5.41 Å². The van der Waals surface area contributed by atoms with Crippen LogP contribution in [0.2, 0.25) is 0 Å². The SMILES string of the molecule is Cc1cccc(C2CCC(C)(C(=O)O)CC2)c1. The summed E-state index contributed by atoms with van der Waals surface area (Å²) in [6, 6.07) is 8.60. The Kier molecular flexibility index (Phi) is 3.23. The lowest BCUT2D eigenvalue weighted by Gasteiger charge is -2.34. The number of carbonyl (C=O) groups is 1. The number of hydrogen-bond donors (Lipinski definition) is 1. The number of aliphatic carboxylic acids is 1. The van der Waals surface area contributed by atoms with Gasteiger partial charge in [0.2, 0.25) is 0 Å². The molecule has 0 atom stereocenters. The standard InChI is InChI=1S/C15H20O2/c1-11-4-3-5-13(10-11)12-6-8-15(2,9-7-12)14(16)17/h3-5,10,12H,6-9H2,1-2H3,(H,16,17). The zero-order valence-electron chi connectivity index (χ0n) is 10.6. The van der Waals surface area contributed by atoms with Crippen molar-refractivity contribution >= 4 is 5.97 Å². The molecular weight excluding hydrogens is 212 g/mol. The quantitative estimate of drug-likeness (QED) is 0.843. The Bertz CT molecular complexity index is 415. The van der Waals surface area contributed by atoms with Crippen LogP contribution in [0, 0.1) is 12.3 Å². The number of rotatable bonds is 2. The van der Waals surface area contributed by atoms with Crippen LogP contribution in [-0.4, -0.2) is 11.1 Å². The molecule has 2 heteroatoms. The van der Waals surface area contributed by atoms with E-state index in [1.165, 1.54) is 11.1 Å². The minimum atomic E-state index is -0.639. The molecule has 0 radical (unpaired) electrons. The third-order valence-electron chi connectivity index (χ3n) is 4.12. The Morgan fingerprint density at radius 2 is 2.00 bits per heavy atom. The van der Waals surface area contributed by atoms with Crippen molar-refractivity contribution in [1.82, 2.24) is 0 Å². The summed E-state index contributed by atoms with van der Waals surface area (Å²) in [4.78, 5) is 11.2. The highest BCUT2D eigenvalue weighted by molar-refractivity contribution is 5.74. The van der Waals surface area contributed by atoms with Crippen molar-refractivity contribution in [1.29, 1.82) is 0 Å². The summed E-state index contributed by atoms with van der Waals surface area (Å²) in [6.45, 7) is 3.98. The van der Waals surface area contributed by atoms with Crippen LogP contribution in [0.15, 0.2) is 24.3 Å². The number of aryl methyl sites for hydroxylation is 1. The molecule has 92 valence electrons. The fourth-order valence-electron chi connectivity index (χ4n) is 2.73. The lowest BCUT2D eigenvalue weighted by Crippen LogP contribution is -2.31. The summed E-state index contributed by atoms with van der Waals surface area (Å²) in [5.41, 5.74) is 2.16. The Morgan fingerprint density at radius 1 is 1.35 bits per heavy atom. The molecule has 0 aromatic heterocycles. The monoisotopic (exact) mass is 232 g/mol. The van der Waals surface area contributed by atoms with Gasteiger partial charge < -0.3 is 5.11 Å². The van der Waals surface area contributed by atoms with Gasteiger partial charge in [-0.1, -0.05) is 29.8 Å². The summed E-state index contributed by atoms with van der Waals surface area (Å²) in [5.74, 6) is -0.0949. The van der Waals surface area contributed by atoms with E-state index in [1.807, 2.05) is 6.92 Å². The second-order valence-electron chi connectivity index (χ2n) is 5.55. The molecule has 2 rings (SSSR count). The Hall–Kier alpha value is -1.31. The Morgan fingerprint density at radius 3 is 2.53 bits per heavy atom. The van der Waals surface area contributed by atoms with Gasteiger partial charge in [0.25, 0.3) is 0 Å². The molecule has 1 N–H and O–H groups in total. The van der Waals surface area contributed by atoms with Crippen molar-refractivity contribution in [2.45, 2.75) is 45.4 Å². The maximum atomic E-state index is 11.2. The van der Waals surface area contributed by atoms with Crippen molar-refractivity contribution in [3.05, 3.63) is 35.4 Å². The van der Waals surface area contributed by atoms with Gasteiger partial charge in [0.1, 0.15) is 0 Å². The first-order valence-corrected chi connectivity index (χ1v) is 6.31. The van der Waals surface area contributed by atoms with Crippen molar-refractivity contribution < 1.29 is 9.90 Å². The zero-order chi connectivity index (χ0) is 12.5. The van der Waals surface area contributed by atoms with E-state index in [2.05, 4.69) is 31.2 Å². The van der Waals surface area contributed by atoms with E-state index in [9.17, 15) is 9.90 Å². The average Bonchev–Trinajstić information content (AvgIpc) is 2.30. The summed E-state index contributed by atoms with van der Waals surface area (Å²) >= 11 is 0. The fraction of sp³-hybridized carbons (Fsp3) is 0.533. The molecule has 1 aliphatic carbocycles. The fourth-order valence-corrected chi connectivity index (χ4v) is 2.73. The van der Waals surface area contributed by atoms with E-state index in [-0.39, 0.29) is 0 Å². The van der Waals surface area contributed by atoms with Crippen LogP contribution in [0.4, 0.5) is 0 Å². The van der Waals surface area contributed by atoms with Gasteiger partial charge >= 0.3 is 5.97 Å². The molecule has 1 aliphatic rings. The molecule has 0 heterocycles. The van der Waals surface area contributed by atoms with Gasteiger partial charge in [0, 0.05) is 0 Å². The maximum absolute atomic E-state index is 11.2. The molecular formula is C15H20O2. The summed E-state index contributed by atoms with van der Waals surface area (Å²) in [6.07, 6.45) is 3.57. The Labute approximate surface area is 103 Å². The predicted octanol–water partition coefficient (Wildman–Crippen LogP) is 3.74. The minimum Gasteiger partial charge on any atom is -0.481 e. The van der Waals surface area contributed by atoms with Crippen molar-refractivity contribution in [2.24, 2.45) is 5.41 Å². The van der Waals surface area contributed by atoms with Crippen molar-refractivity contribution in [3.8, 4) is 0 Å². The van der Waals surface area contributed by atoms with Crippen LogP contribution in [0.3, 0.4) is 0 Å². The van der Waals surface area contributed by atoms with Gasteiger partial charge in [-0.15, -0.1) is 0 Å². The molecule has 1 fully saturated rings. The van der Waals surface area contributed by atoms with Crippen LogP contribution in [0.5, 0.6) is 0 Å². The second-order valence-corrected chi connectivity index (χ2v) is 5.55. The zero-order valence-corrected chi connectivity index (χ0v) is 10.6. The number of carboxylic acid groups (broad SMARTS) is 1. The lowest BCUT2D eigenvalue weighted by molar-refractivity contribution is -0.149. The highest BCUT2D eigenvalue weighted by Crippen LogP contribution is 2.42. The van der Waals surface area contributed by atoms with Crippen LogP contribution >= 0.6 is 0 Å². The molecule has 0 spiro atoms. The first kappa shape index (κ1) is 12.2. The van der Waals surface area contributed by atoms with Crippen molar-refractivity contribution in [2.75, 3.05) is 0 Å². The second kappa shape index (κ2) is 4.52. The van der Waals surface area contributed by atoms with Gasteiger partial charge in [-0.3, -0.25) is 4.79 Å². The van der Waals surface area contributed by atoms with E-state index in [1.54, 1.807) is 0 Å². The minimum absolute atomic E-state index is 0.500. The van der Waals surface area contributed by atoms with E-state index in [4.69, 9.17) is 0 Å². The number of hydrogen-bond acceptors (Lipinski definition) is 1. The van der Waals surface area contributed by atoms with Gasteiger partial charge in [-0.2, -0.15) is 0 Å². The van der Waals surface area contributed by atoms with Crippen LogP contribution in [-0.2, 0) is 4.79 Å².